The first-order valence-electron chi connectivity index (χ1n) is 8.87. The molecule has 0 N–H and O–H groups in total. The minimum absolute atomic E-state index is 0.0142. The number of rotatable bonds is 4. The fourth-order valence-corrected chi connectivity index (χ4v) is 3.55. The summed E-state index contributed by atoms with van der Waals surface area (Å²) in [6.45, 7) is 3.96. The summed E-state index contributed by atoms with van der Waals surface area (Å²) in [7, 11) is 0. The van der Waals surface area contributed by atoms with Crippen molar-refractivity contribution in [3.63, 3.8) is 0 Å². The monoisotopic (exact) mass is 328 g/mol. The molecular weight excluding hydrogens is 304 g/mol. The van der Waals surface area contributed by atoms with Crippen molar-refractivity contribution in [2.75, 3.05) is 0 Å². The van der Waals surface area contributed by atoms with Crippen molar-refractivity contribution in [1.82, 2.24) is 0 Å². The van der Waals surface area contributed by atoms with Crippen molar-refractivity contribution in [3.05, 3.63) is 39.7 Å². The van der Waals surface area contributed by atoms with Gasteiger partial charge < -0.3 is 9.15 Å². The fraction of sp³-hybridized carbons (Fsp3) is 0.500. The van der Waals surface area contributed by atoms with Crippen LogP contribution >= 0.6 is 0 Å². The van der Waals surface area contributed by atoms with Gasteiger partial charge in [-0.25, -0.2) is 4.79 Å². The van der Waals surface area contributed by atoms with Crippen LogP contribution in [0.5, 0.6) is 5.75 Å². The molecule has 0 unspecified atom stereocenters. The van der Waals surface area contributed by atoms with Gasteiger partial charge in [-0.15, -0.1) is 0 Å². The molecule has 3 rings (SSSR count). The Labute approximate surface area is 141 Å². The Morgan fingerprint density at radius 2 is 1.96 bits per heavy atom. The van der Waals surface area contributed by atoms with Crippen LogP contribution in [0, 0.1) is 12.8 Å². The van der Waals surface area contributed by atoms with Gasteiger partial charge in [0, 0.05) is 6.07 Å². The van der Waals surface area contributed by atoms with Crippen LogP contribution in [0.25, 0.3) is 11.0 Å². The lowest BCUT2D eigenvalue weighted by Gasteiger charge is -2.20. The van der Waals surface area contributed by atoms with Gasteiger partial charge in [0.15, 0.2) is 0 Å². The lowest BCUT2D eigenvalue weighted by Crippen LogP contribution is -2.23. The van der Waals surface area contributed by atoms with Crippen LogP contribution < -0.4 is 10.4 Å². The number of carbonyl (C=O) groups is 1. The molecule has 0 spiro atoms. The molecule has 128 valence electrons. The summed E-state index contributed by atoms with van der Waals surface area (Å²) in [5, 5.41) is 0.756. The van der Waals surface area contributed by atoms with E-state index >= 15 is 0 Å². The van der Waals surface area contributed by atoms with Crippen molar-refractivity contribution >= 4 is 16.9 Å². The van der Waals surface area contributed by atoms with Crippen molar-refractivity contribution in [1.29, 1.82) is 0 Å². The molecule has 0 radical (unpaired) electrons. The highest BCUT2D eigenvalue weighted by molar-refractivity contribution is 5.90. The summed E-state index contributed by atoms with van der Waals surface area (Å²) in [6, 6.07) is 5.20. The quantitative estimate of drug-likeness (QED) is 0.470. The molecule has 0 amide bonds. The minimum atomic E-state index is -0.360. The molecule has 1 saturated carbocycles. The zero-order valence-electron chi connectivity index (χ0n) is 14.4. The molecule has 1 aromatic heterocycles. The highest BCUT2D eigenvalue weighted by Crippen LogP contribution is 2.32. The van der Waals surface area contributed by atoms with E-state index in [1.54, 1.807) is 0 Å². The van der Waals surface area contributed by atoms with Gasteiger partial charge in [-0.1, -0.05) is 32.6 Å². The van der Waals surface area contributed by atoms with Crippen LogP contribution in [0.15, 0.2) is 27.4 Å². The third-order valence-electron chi connectivity index (χ3n) is 4.70. The maximum atomic E-state index is 12.5. The minimum Gasteiger partial charge on any atom is -0.426 e. The van der Waals surface area contributed by atoms with E-state index in [0.717, 1.165) is 55.0 Å². The second-order valence-corrected chi connectivity index (χ2v) is 6.73. The average molecular weight is 328 g/mol. The van der Waals surface area contributed by atoms with Gasteiger partial charge in [0.2, 0.25) is 0 Å². The van der Waals surface area contributed by atoms with E-state index in [-0.39, 0.29) is 17.5 Å². The fourth-order valence-electron chi connectivity index (χ4n) is 3.55. The summed E-state index contributed by atoms with van der Waals surface area (Å²) >= 11 is 0. The van der Waals surface area contributed by atoms with Gasteiger partial charge in [-0.2, -0.15) is 0 Å². The summed E-state index contributed by atoms with van der Waals surface area (Å²) in [4.78, 5) is 24.3. The van der Waals surface area contributed by atoms with E-state index in [1.807, 2.05) is 19.1 Å². The molecule has 1 fully saturated rings. The van der Waals surface area contributed by atoms with E-state index in [0.29, 0.717) is 11.3 Å². The number of hydrogen-bond acceptors (Lipinski definition) is 4. The predicted molar refractivity (Wildman–Crippen MR) is 93.4 cm³/mol. The van der Waals surface area contributed by atoms with Crippen molar-refractivity contribution in [3.8, 4) is 5.75 Å². The van der Waals surface area contributed by atoms with Gasteiger partial charge in [0.25, 0.3) is 0 Å². The molecule has 4 nitrogen and oxygen atoms in total. The number of carbonyl (C=O) groups excluding carboxylic acids is 1. The van der Waals surface area contributed by atoms with Gasteiger partial charge in [-0.3, -0.25) is 4.79 Å². The highest BCUT2D eigenvalue weighted by Gasteiger charge is 2.24. The molecular formula is C20H24O4. The van der Waals surface area contributed by atoms with Crippen LogP contribution in [0.1, 0.15) is 56.6 Å². The topological polar surface area (TPSA) is 56.5 Å². The third kappa shape index (κ3) is 3.53. The lowest BCUT2D eigenvalue weighted by atomic mass is 9.89. The second-order valence-electron chi connectivity index (χ2n) is 6.73. The molecule has 1 heterocycles. The Bertz CT molecular complexity index is 797. The molecule has 24 heavy (non-hydrogen) atoms. The molecule has 2 aromatic rings. The van der Waals surface area contributed by atoms with Gasteiger partial charge >= 0.3 is 11.6 Å². The van der Waals surface area contributed by atoms with Crippen molar-refractivity contribution < 1.29 is 13.9 Å². The van der Waals surface area contributed by atoms with E-state index < -0.39 is 0 Å². The zero-order valence-corrected chi connectivity index (χ0v) is 14.4. The maximum absolute atomic E-state index is 12.5. The predicted octanol–water partition coefficient (Wildman–Crippen LogP) is 4.54. The van der Waals surface area contributed by atoms with E-state index in [1.165, 1.54) is 12.5 Å². The lowest BCUT2D eigenvalue weighted by molar-refractivity contribution is -0.139. The number of hydrogen-bond donors (Lipinski definition) is 0. The van der Waals surface area contributed by atoms with Crippen LogP contribution in [-0.2, 0) is 11.2 Å². The molecule has 0 aliphatic heterocycles. The Morgan fingerprint density at radius 1 is 1.21 bits per heavy atom. The van der Waals surface area contributed by atoms with E-state index in [9.17, 15) is 9.59 Å². The Morgan fingerprint density at radius 3 is 2.67 bits per heavy atom. The first-order valence-corrected chi connectivity index (χ1v) is 8.87. The van der Waals surface area contributed by atoms with Crippen molar-refractivity contribution in [2.24, 2.45) is 5.92 Å². The Kier molecular flexibility index (Phi) is 5.03. The number of aryl methyl sites for hydroxylation is 2. The number of ether oxygens (including phenoxy) is 1. The van der Waals surface area contributed by atoms with Crippen molar-refractivity contribution in [2.45, 2.75) is 58.8 Å². The molecule has 1 aromatic carbocycles. The second kappa shape index (κ2) is 7.20. The van der Waals surface area contributed by atoms with Crippen LogP contribution in [0.2, 0.25) is 0 Å². The largest absolute Gasteiger partial charge is 0.426 e. The summed E-state index contributed by atoms with van der Waals surface area (Å²) < 4.78 is 11.1. The van der Waals surface area contributed by atoms with Crippen LogP contribution in [0.4, 0.5) is 0 Å². The molecule has 0 saturated heterocycles. The Hall–Kier alpha value is -2.10. The van der Waals surface area contributed by atoms with Crippen LogP contribution in [0.3, 0.4) is 0 Å². The molecule has 1 aliphatic carbocycles. The van der Waals surface area contributed by atoms with E-state index in [2.05, 4.69) is 6.92 Å². The van der Waals surface area contributed by atoms with Gasteiger partial charge in [-0.05, 0) is 49.4 Å². The van der Waals surface area contributed by atoms with Crippen LogP contribution in [-0.4, -0.2) is 5.97 Å². The molecule has 0 bridgehead atoms. The summed E-state index contributed by atoms with van der Waals surface area (Å²) in [5.41, 5.74) is 1.93. The standard InChI is InChI=1S/C20H24O4/c1-3-7-15-12-18(21)23-16-10-13(2)11-17(19(15)16)24-20(22)14-8-5-4-6-9-14/h10-12,14H,3-9H2,1-2H3. The maximum Gasteiger partial charge on any atom is 0.336 e. The molecule has 0 atom stereocenters. The number of benzene rings is 1. The molecule has 4 heteroatoms. The normalized spacial score (nSPS) is 15.6. The van der Waals surface area contributed by atoms with Gasteiger partial charge in [0.1, 0.15) is 11.3 Å². The summed E-state index contributed by atoms with van der Waals surface area (Å²) in [6.07, 6.45) is 6.83. The highest BCUT2D eigenvalue weighted by atomic mass is 16.5. The Balaban J connectivity index is 2.02. The summed E-state index contributed by atoms with van der Waals surface area (Å²) in [5.74, 6) is 0.350. The smallest absolute Gasteiger partial charge is 0.336 e. The molecule has 1 aliphatic rings. The SMILES string of the molecule is CCCc1cc(=O)oc2cc(C)cc(OC(=O)C3CCCCC3)c12. The third-order valence-corrected chi connectivity index (χ3v) is 4.70. The number of esters is 1. The first-order chi connectivity index (χ1) is 11.6. The van der Waals surface area contributed by atoms with Gasteiger partial charge in [0.05, 0.1) is 11.3 Å². The first kappa shape index (κ1) is 16.7. The van der Waals surface area contributed by atoms with E-state index in [4.69, 9.17) is 9.15 Å². The zero-order chi connectivity index (χ0) is 17.1. The number of fused-ring (bicyclic) bond motifs is 1. The average Bonchev–Trinajstić information content (AvgIpc) is 2.55.